The van der Waals surface area contributed by atoms with Crippen LogP contribution in [0.4, 0.5) is 4.39 Å². The highest BCUT2D eigenvalue weighted by Gasteiger charge is 2.31. The fourth-order valence-electron chi connectivity index (χ4n) is 4.18. The Labute approximate surface area is 241 Å². The van der Waals surface area contributed by atoms with Gasteiger partial charge in [-0.2, -0.15) is 0 Å². The summed E-state index contributed by atoms with van der Waals surface area (Å²) in [5, 5.41) is 32.5. The first-order chi connectivity index (χ1) is 19.8. The van der Waals surface area contributed by atoms with Gasteiger partial charge in [0.2, 0.25) is 0 Å². The molecule has 3 aromatic rings. The van der Waals surface area contributed by atoms with Gasteiger partial charge in [0.05, 0.1) is 27.2 Å². The SMILES string of the molecule is CN(C(=O)c1ccnc(-c2ccc(Oc3ccc(F)cc3)cc2)n1)C1CC[N+](C)(C)CC1.O=C(O)C(O)C(O)C(=O)O. The Morgan fingerprint density at radius 1 is 0.905 bits per heavy atom. The fourth-order valence-corrected chi connectivity index (χ4v) is 4.18. The molecule has 1 aliphatic rings. The van der Waals surface area contributed by atoms with E-state index in [1.54, 1.807) is 36.5 Å². The van der Waals surface area contributed by atoms with Crippen LogP contribution < -0.4 is 4.74 Å². The summed E-state index contributed by atoms with van der Waals surface area (Å²) < 4.78 is 19.8. The van der Waals surface area contributed by atoms with E-state index in [9.17, 15) is 18.8 Å². The van der Waals surface area contributed by atoms with Crippen LogP contribution in [0.15, 0.2) is 60.8 Å². The molecule has 4 N–H and O–H groups in total. The molecule has 1 amide bonds. The van der Waals surface area contributed by atoms with Crippen LogP contribution in [0.5, 0.6) is 11.5 Å². The first-order valence-electron chi connectivity index (χ1n) is 13.1. The molecule has 0 saturated carbocycles. The number of quaternary nitrogens is 1. The molecule has 224 valence electrons. The second kappa shape index (κ2) is 13.9. The van der Waals surface area contributed by atoms with E-state index in [0.717, 1.165) is 36.0 Å². The van der Waals surface area contributed by atoms with Crippen molar-refractivity contribution in [3.8, 4) is 22.9 Å². The highest BCUT2D eigenvalue weighted by atomic mass is 19.1. The molecule has 12 nitrogen and oxygen atoms in total. The second-order valence-electron chi connectivity index (χ2n) is 10.4. The van der Waals surface area contributed by atoms with Crippen molar-refractivity contribution in [3.05, 3.63) is 72.3 Å². The van der Waals surface area contributed by atoms with E-state index >= 15 is 0 Å². The van der Waals surface area contributed by atoms with Crippen LogP contribution >= 0.6 is 0 Å². The molecular weight excluding hydrogens is 551 g/mol. The largest absolute Gasteiger partial charge is 0.479 e. The summed E-state index contributed by atoms with van der Waals surface area (Å²) in [6.07, 6.45) is -0.937. The first kappa shape index (κ1) is 32.1. The Balaban J connectivity index is 0.000000416. The quantitative estimate of drug-likeness (QED) is 0.288. The van der Waals surface area contributed by atoms with E-state index in [1.165, 1.54) is 12.1 Å². The minimum absolute atomic E-state index is 0.0814. The molecule has 2 unspecified atom stereocenters. The molecule has 0 bridgehead atoms. The molecule has 1 aromatic heterocycles. The Morgan fingerprint density at radius 2 is 1.40 bits per heavy atom. The summed E-state index contributed by atoms with van der Waals surface area (Å²) in [6, 6.07) is 15.0. The van der Waals surface area contributed by atoms with E-state index < -0.39 is 24.1 Å². The number of carbonyl (C=O) groups excluding carboxylic acids is 1. The van der Waals surface area contributed by atoms with Crippen molar-refractivity contribution in [1.82, 2.24) is 14.9 Å². The van der Waals surface area contributed by atoms with Gasteiger partial charge in [0.1, 0.15) is 23.0 Å². The Kier molecular flexibility index (Phi) is 10.6. The summed E-state index contributed by atoms with van der Waals surface area (Å²) >= 11 is 0. The lowest BCUT2D eigenvalue weighted by atomic mass is 10.0. The number of benzene rings is 2. The number of aliphatic hydroxyl groups excluding tert-OH is 2. The molecule has 0 aliphatic carbocycles. The fraction of sp³-hybridized carbons (Fsp3) is 0.345. The summed E-state index contributed by atoms with van der Waals surface area (Å²) in [5.41, 5.74) is 1.17. The number of carboxylic acids is 2. The normalized spacial score (nSPS) is 15.9. The van der Waals surface area contributed by atoms with Crippen molar-refractivity contribution in [2.24, 2.45) is 0 Å². The maximum atomic E-state index is 13.1. The molecule has 42 heavy (non-hydrogen) atoms. The van der Waals surface area contributed by atoms with Gasteiger partial charge in [0.25, 0.3) is 5.91 Å². The number of nitrogens with zero attached hydrogens (tertiary/aromatic N) is 4. The number of aromatic nitrogens is 2. The number of rotatable bonds is 8. The van der Waals surface area contributed by atoms with E-state index in [0.29, 0.717) is 23.0 Å². The average molecular weight is 586 g/mol. The number of carboxylic acid groups (broad SMARTS) is 2. The molecule has 13 heteroatoms. The lowest BCUT2D eigenvalue weighted by Gasteiger charge is -2.40. The Bertz CT molecular complexity index is 1360. The minimum atomic E-state index is -2.27. The number of ether oxygens (including phenoxy) is 1. The third-order valence-corrected chi connectivity index (χ3v) is 6.85. The van der Waals surface area contributed by atoms with Crippen molar-refractivity contribution >= 4 is 17.8 Å². The average Bonchev–Trinajstić information content (AvgIpc) is 2.97. The number of amides is 1. The number of hydrogen-bond donors (Lipinski definition) is 4. The van der Waals surface area contributed by atoms with Gasteiger partial charge in [-0.25, -0.2) is 23.9 Å². The van der Waals surface area contributed by atoms with Gasteiger partial charge in [-0.3, -0.25) is 4.79 Å². The molecule has 0 spiro atoms. The molecular formula is C29H34FN4O8+. The number of piperidine rings is 1. The van der Waals surface area contributed by atoms with E-state index in [2.05, 4.69) is 24.1 Å². The van der Waals surface area contributed by atoms with Crippen LogP contribution in [-0.2, 0) is 9.59 Å². The van der Waals surface area contributed by atoms with Crippen molar-refractivity contribution in [1.29, 1.82) is 0 Å². The zero-order valence-electron chi connectivity index (χ0n) is 23.4. The molecule has 1 saturated heterocycles. The lowest BCUT2D eigenvalue weighted by molar-refractivity contribution is -0.895. The first-order valence-corrected chi connectivity index (χ1v) is 13.1. The molecule has 1 aliphatic heterocycles. The monoisotopic (exact) mass is 585 g/mol. The highest BCUT2D eigenvalue weighted by Crippen LogP contribution is 2.25. The van der Waals surface area contributed by atoms with Crippen LogP contribution in [-0.4, -0.2) is 110 Å². The summed E-state index contributed by atoms with van der Waals surface area (Å²) in [5.74, 6) is -2.27. The maximum Gasteiger partial charge on any atom is 0.335 e. The van der Waals surface area contributed by atoms with Gasteiger partial charge in [0.15, 0.2) is 18.0 Å². The third kappa shape index (κ3) is 8.77. The van der Waals surface area contributed by atoms with Crippen LogP contribution in [0.2, 0.25) is 0 Å². The zero-order valence-corrected chi connectivity index (χ0v) is 23.4. The number of carbonyl (C=O) groups is 3. The van der Waals surface area contributed by atoms with E-state index in [1.807, 2.05) is 24.1 Å². The summed E-state index contributed by atoms with van der Waals surface area (Å²) in [6.45, 7) is 2.12. The molecule has 1 fully saturated rings. The van der Waals surface area contributed by atoms with Crippen molar-refractivity contribution in [3.63, 3.8) is 0 Å². The highest BCUT2D eigenvalue weighted by molar-refractivity contribution is 5.92. The number of halogens is 1. The molecule has 2 atom stereocenters. The smallest absolute Gasteiger partial charge is 0.335 e. The number of aliphatic carboxylic acids is 2. The Morgan fingerprint density at radius 3 is 1.90 bits per heavy atom. The van der Waals surface area contributed by atoms with Crippen LogP contribution in [0, 0.1) is 5.82 Å². The minimum Gasteiger partial charge on any atom is -0.479 e. The van der Waals surface area contributed by atoms with Gasteiger partial charge in [-0.1, -0.05) is 0 Å². The van der Waals surface area contributed by atoms with Gasteiger partial charge in [0, 0.05) is 37.7 Å². The standard InChI is InChI=1S/C25H28FN4O2.C4H6O6/c1-29(20-13-16-30(2,3)17-14-20)25(31)23-12-15-27-24(28-23)18-4-8-21(9-5-18)32-22-10-6-19(26)7-11-22;5-1(3(7)8)2(6)4(9)10/h4-12,15,20H,13-14,16-17H2,1-3H3;1-2,5-6H,(H,7,8)(H,9,10)/q+1;. The van der Waals surface area contributed by atoms with Gasteiger partial charge >= 0.3 is 11.9 Å². The molecule has 2 heterocycles. The maximum absolute atomic E-state index is 13.1. The van der Waals surface area contributed by atoms with E-state index in [4.69, 9.17) is 25.2 Å². The molecule has 2 aromatic carbocycles. The van der Waals surface area contributed by atoms with E-state index in [-0.39, 0.29) is 17.8 Å². The number of likely N-dealkylation sites (tertiary alicyclic amines) is 1. The van der Waals surface area contributed by atoms with Gasteiger partial charge in [-0.15, -0.1) is 0 Å². The zero-order chi connectivity index (χ0) is 31.0. The lowest BCUT2D eigenvalue weighted by Crippen LogP contribution is -2.52. The van der Waals surface area contributed by atoms with Gasteiger partial charge < -0.3 is 34.5 Å². The summed E-state index contributed by atoms with van der Waals surface area (Å²) in [7, 11) is 6.32. The van der Waals surface area contributed by atoms with Crippen molar-refractivity contribution in [2.45, 2.75) is 31.1 Å². The molecule has 0 radical (unpaired) electrons. The summed E-state index contributed by atoms with van der Waals surface area (Å²) in [4.78, 5) is 43.3. The van der Waals surface area contributed by atoms with Crippen LogP contribution in [0.25, 0.3) is 11.4 Å². The second-order valence-corrected chi connectivity index (χ2v) is 10.4. The van der Waals surface area contributed by atoms with Crippen molar-refractivity contribution in [2.75, 3.05) is 34.2 Å². The van der Waals surface area contributed by atoms with Gasteiger partial charge in [-0.05, 0) is 54.6 Å². The number of aliphatic hydroxyl groups is 2. The Hall–Kier alpha value is -4.46. The molecule has 4 rings (SSSR count). The predicted octanol–water partition coefficient (Wildman–Crippen LogP) is 2.26. The third-order valence-electron chi connectivity index (χ3n) is 6.85. The van der Waals surface area contributed by atoms with Crippen LogP contribution in [0.1, 0.15) is 23.3 Å². The predicted molar refractivity (Wildman–Crippen MR) is 148 cm³/mol. The van der Waals surface area contributed by atoms with Crippen molar-refractivity contribution < 1.29 is 48.4 Å². The topological polar surface area (TPSA) is 170 Å². The van der Waals surface area contributed by atoms with Crippen LogP contribution in [0.3, 0.4) is 0 Å². The number of hydrogen-bond acceptors (Lipinski definition) is 8.